The van der Waals surface area contributed by atoms with Crippen molar-refractivity contribution in [2.75, 3.05) is 6.61 Å². The third-order valence-corrected chi connectivity index (χ3v) is 2.30. The van der Waals surface area contributed by atoms with E-state index in [9.17, 15) is 0 Å². The number of nitriles is 1. The van der Waals surface area contributed by atoms with Gasteiger partial charge in [0.25, 0.3) is 0 Å². The first-order chi connectivity index (χ1) is 10.4. The first-order valence-corrected chi connectivity index (χ1v) is 6.88. The van der Waals surface area contributed by atoms with Gasteiger partial charge in [-0.05, 0) is 6.42 Å². The van der Waals surface area contributed by atoms with E-state index >= 15 is 0 Å². The summed E-state index contributed by atoms with van der Waals surface area (Å²) in [7, 11) is 0. The monoisotopic (exact) mass is 326 g/mol. The van der Waals surface area contributed by atoms with Crippen LogP contribution in [0.25, 0.3) is 0 Å². The molecule has 0 saturated heterocycles. The number of unbranched alkanes of at least 4 members (excludes halogenated alkanes) is 1. The van der Waals surface area contributed by atoms with Crippen LogP contribution in [0.2, 0.25) is 0 Å². The third-order valence-electron chi connectivity index (χ3n) is 2.30. The maximum atomic E-state index is 8.27. The number of hydrogen-bond acceptors (Lipinski definition) is 3. The zero-order valence-electron chi connectivity index (χ0n) is 11.8. The minimum atomic E-state index is 0.684. The van der Waals surface area contributed by atoms with Crippen LogP contribution in [-0.4, -0.2) is 6.61 Å². The van der Waals surface area contributed by atoms with E-state index in [0.29, 0.717) is 5.56 Å². The number of hydrogen-bond donors (Lipinski definition) is 0. The van der Waals surface area contributed by atoms with Crippen molar-refractivity contribution in [1.82, 2.24) is 0 Å². The molecule has 0 amide bonds. The Morgan fingerprint density at radius 2 is 1.62 bits per heavy atom. The number of nitrogens with zero attached hydrogens (tertiary/aromatic N) is 1. The molecular weight excluding hydrogens is 309 g/mol. The van der Waals surface area contributed by atoms with Crippen molar-refractivity contribution in [1.29, 1.82) is 5.26 Å². The molecule has 0 saturated carbocycles. The summed E-state index contributed by atoms with van der Waals surface area (Å²) in [4.78, 5) is 0. The van der Waals surface area contributed by atoms with Gasteiger partial charge >= 0.3 is 19.5 Å². The SMILES string of the molecule is CCCCOc1cc[c-]cc1.N#Cc1cc[c-]cc1.[O]=[Co]. The quantitative estimate of drug-likeness (QED) is 0.632. The number of benzene rings is 2. The molecule has 3 nitrogen and oxygen atoms in total. The van der Waals surface area contributed by atoms with E-state index in [0.717, 1.165) is 18.8 Å². The van der Waals surface area contributed by atoms with Crippen molar-refractivity contribution in [2.45, 2.75) is 19.8 Å². The molecule has 0 aliphatic carbocycles. The van der Waals surface area contributed by atoms with Crippen LogP contribution >= 0.6 is 0 Å². The first kappa shape index (κ1) is 19.0. The average Bonchev–Trinajstić information content (AvgIpc) is 2.59. The molecule has 0 spiro atoms. The summed E-state index contributed by atoms with van der Waals surface area (Å²) in [6.45, 7) is 2.97. The molecule has 0 bridgehead atoms. The zero-order valence-corrected chi connectivity index (χ0v) is 12.9. The van der Waals surface area contributed by atoms with Gasteiger partial charge in [-0.3, -0.25) is 0 Å². The molecule has 0 aromatic heterocycles. The second-order valence-corrected chi connectivity index (χ2v) is 3.84. The van der Waals surface area contributed by atoms with Crippen LogP contribution in [0.4, 0.5) is 0 Å². The summed E-state index contributed by atoms with van der Waals surface area (Å²) in [5, 5.41) is 8.27. The van der Waals surface area contributed by atoms with Gasteiger partial charge in [0.2, 0.25) is 0 Å². The van der Waals surface area contributed by atoms with E-state index in [4.69, 9.17) is 13.9 Å². The Balaban J connectivity index is 0.000000354. The molecule has 2 rings (SSSR count). The fourth-order valence-electron chi connectivity index (χ4n) is 1.26. The molecule has 21 heavy (non-hydrogen) atoms. The van der Waals surface area contributed by atoms with Crippen LogP contribution in [0.5, 0.6) is 5.75 Å². The molecule has 2 aromatic rings. The number of rotatable bonds is 4. The van der Waals surface area contributed by atoms with Crippen molar-refractivity contribution >= 4 is 0 Å². The minimum absolute atomic E-state index is 0.684. The third kappa shape index (κ3) is 10.5. The van der Waals surface area contributed by atoms with Crippen molar-refractivity contribution in [2.24, 2.45) is 0 Å². The van der Waals surface area contributed by atoms with Gasteiger partial charge in [-0.2, -0.15) is 53.8 Å². The van der Waals surface area contributed by atoms with E-state index in [1.165, 1.54) is 6.42 Å². The predicted octanol–water partition coefficient (Wildman–Crippen LogP) is 3.90. The molecule has 113 valence electrons. The van der Waals surface area contributed by atoms with Crippen LogP contribution in [-0.2, 0) is 19.5 Å². The van der Waals surface area contributed by atoms with E-state index in [-0.39, 0.29) is 0 Å². The molecule has 4 heteroatoms. The van der Waals surface area contributed by atoms with Gasteiger partial charge in [0.05, 0.1) is 12.7 Å². The van der Waals surface area contributed by atoms with Crippen LogP contribution < -0.4 is 4.74 Å². The van der Waals surface area contributed by atoms with Gasteiger partial charge in [-0.15, -0.1) is 12.1 Å². The van der Waals surface area contributed by atoms with Crippen molar-refractivity contribution in [3.8, 4) is 11.8 Å². The molecule has 0 fully saturated rings. The van der Waals surface area contributed by atoms with Gasteiger partial charge < -0.3 is 4.74 Å². The fourth-order valence-corrected chi connectivity index (χ4v) is 1.26. The Morgan fingerprint density at radius 3 is 2.05 bits per heavy atom. The topological polar surface area (TPSA) is 50.1 Å². The van der Waals surface area contributed by atoms with Crippen molar-refractivity contribution in [3.05, 3.63) is 66.2 Å². The number of ether oxygens (including phenoxy) is 1. The van der Waals surface area contributed by atoms with E-state index in [1.54, 1.807) is 24.3 Å². The van der Waals surface area contributed by atoms with E-state index in [1.807, 2.05) is 30.3 Å². The zero-order chi connectivity index (χ0) is 15.8. The Morgan fingerprint density at radius 1 is 1.10 bits per heavy atom. The summed E-state index contributed by atoms with van der Waals surface area (Å²) in [5.41, 5.74) is 0.684. The molecule has 2 aromatic carbocycles. The van der Waals surface area contributed by atoms with Crippen molar-refractivity contribution in [3.63, 3.8) is 0 Å². The summed E-state index contributed by atoms with van der Waals surface area (Å²) in [6, 6.07) is 22.2. The van der Waals surface area contributed by atoms with Gasteiger partial charge in [0.1, 0.15) is 0 Å². The van der Waals surface area contributed by atoms with E-state index in [2.05, 4.69) is 34.7 Å². The normalized spacial score (nSPS) is 8.24. The molecule has 0 atom stereocenters. The Labute approximate surface area is 134 Å². The second-order valence-electron chi connectivity index (χ2n) is 3.84. The maximum absolute atomic E-state index is 8.27. The van der Waals surface area contributed by atoms with Crippen LogP contribution in [0.1, 0.15) is 25.3 Å². The van der Waals surface area contributed by atoms with Gasteiger partial charge in [-0.1, -0.05) is 18.9 Å². The van der Waals surface area contributed by atoms with Crippen LogP contribution in [0.3, 0.4) is 0 Å². The van der Waals surface area contributed by atoms with E-state index < -0.39 is 0 Å². The Hall–Kier alpha value is -1.96. The molecule has 0 radical (unpaired) electrons. The molecule has 0 N–H and O–H groups in total. The molecule has 0 unspecified atom stereocenters. The molecule has 0 heterocycles. The van der Waals surface area contributed by atoms with Gasteiger partial charge in [0.15, 0.2) is 0 Å². The fraction of sp³-hybridized carbons (Fsp3) is 0.235. The van der Waals surface area contributed by atoms with Crippen LogP contribution in [0.15, 0.2) is 48.5 Å². The first-order valence-electron chi connectivity index (χ1n) is 6.45. The summed E-state index contributed by atoms with van der Waals surface area (Å²) >= 11 is 2.31. The molecule has 0 aliphatic rings. The summed E-state index contributed by atoms with van der Waals surface area (Å²) in [5.74, 6) is 0.942. The molecule has 0 aliphatic heterocycles. The van der Waals surface area contributed by atoms with Gasteiger partial charge in [-0.25, -0.2) is 0 Å². The predicted molar refractivity (Wildman–Crippen MR) is 76.4 cm³/mol. The van der Waals surface area contributed by atoms with Crippen LogP contribution in [0, 0.1) is 23.5 Å². The molecular formula is C17H17CoNO2-2. The summed E-state index contributed by atoms with van der Waals surface area (Å²) < 4.78 is 13.4. The van der Waals surface area contributed by atoms with Crippen molar-refractivity contribution < 1.29 is 24.3 Å². The summed E-state index contributed by atoms with van der Waals surface area (Å²) in [6.07, 6.45) is 2.30. The Bertz CT molecular complexity index is 497. The standard InChI is InChI=1S/C10H13O.C7H4N.Co.O/c1-2-3-9-11-10-7-5-4-6-8-10;8-6-7-4-2-1-3-5-7;;/h5-8H,2-3,9H2,1H3;2-5H;;/q2*-1;;. The second kappa shape index (κ2) is 14.4. The van der Waals surface area contributed by atoms with Gasteiger partial charge in [0, 0.05) is 5.75 Å². The Kier molecular flexibility index (Phi) is 13.1. The average molecular weight is 326 g/mol.